The first-order valence-electron chi connectivity index (χ1n) is 6.72. The molecule has 0 radical (unpaired) electrons. The van der Waals surface area contributed by atoms with Crippen LogP contribution >= 0.6 is 23.2 Å². The lowest BCUT2D eigenvalue weighted by molar-refractivity contribution is -0.140. The van der Waals surface area contributed by atoms with Gasteiger partial charge in [-0.25, -0.2) is 4.79 Å². The molecule has 122 valence electrons. The quantitative estimate of drug-likeness (QED) is 0.826. The molecule has 0 saturated carbocycles. The number of aliphatic carboxylic acids is 1. The van der Waals surface area contributed by atoms with Crippen molar-refractivity contribution < 1.29 is 19.4 Å². The van der Waals surface area contributed by atoms with Crippen LogP contribution < -0.4 is 5.32 Å². The Bertz CT molecular complexity index is 535. The van der Waals surface area contributed by atoms with E-state index in [9.17, 15) is 14.7 Å². The molecule has 2 N–H and O–H groups in total. The SMILES string of the molecule is CC(C)(C)OCCC(NC(=O)c1cc(Cl)cc(Cl)c1)C(=O)O. The highest BCUT2D eigenvalue weighted by molar-refractivity contribution is 6.35. The minimum atomic E-state index is -1.13. The predicted molar refractivity (Wildman–Crippen MR) is 85.7 cm³/mol. The van der Waals surface area contributed by atoms with Crippen molar-refractivity contribution in [2.45, 2.75) is 38.8 Å². The molecular formula is C15H19Cl2NO4. The lowest BCUT2D eigenvalue weighted by Crippen LogP contribution is -2.42. The molecule has 0 aliphatic carbocycles. The Morgan fingerprint density at radius 1 is 1.23 bits per heavy atom. The maximum atomic E-state index is 12.1. The summed E-state index contributed by atoms with van der Waals surface area (Å²) >= 11 is 11.7. The van der Waals surface area contributed by atoms with Crippen LogP contribution in [0.2, 0.25) is 10.0 Å². The second-order valence-electron chi connectivity index (χ2n) is 5.77. The van der Waals surface area contributed by atoms with Crippen LogP contribution in [0.4, 0.5) is 0 Å². The first-order valence-corrected chi connectivity index (χ1v) is 7.48. The van der Waals surface area contributed by atoms with E-state index in [1.54, 1.807) is 0 Å². The minimum absolute atomic E-state index is 0.159. The average Bonchev–Trinajstić information content (AvgIpc) is 2.34. The van der Waals surface area contributed by atoms with E-state index in [2.05, 4.69) is 5.32 Å². The van der Waals surface area contributed by atoms with Gasteiger partial charge in [-0.05, 0) is 39.0 Å². The number of nitrogens with one attached hydrogen (secondary N) is 1. The van der Waals surface area contributed by atoms with Crippen molar-refractivity contribution in [2.24, 2.45) is 0 Å². The molecule has 1 aromatic rings. The topological polar surface area (TPSA) is 75.6 Å². The molecule has 0 aliphatic heterocycles. The van der Waals surface area contributed by atoms with Crippen LogP contribution in [-0.2, 0) is 9.53 Å². The Morgan fingerprint density at radius 2 is 1.77 bits per heavy atom. The summed E-state index contributed by atoms with van der Waals surface area (Å²) in [4.78, 5) is 23.3. The highest BCUT2D eigenvalue weighted by atomic mass is 35.5. The Kier molecular flexibility index (Phi) is 6.66. The number of hydrogen-bond donors (Lipinski definition) is 2. The molecule has 1 unspecified atom stereocenters. The second kappa shape index (κ2) is 7.81. The lowest BCUT2D eigenvalue weighted by atomic mass is 10.1. The third-order valence-corrected chi connectivity index (χ3v) is 3.11. The summed E-state index contributed by atoms with van der Waals surface area (Å²) in [6, 6.07) is 3.29. The van der Waals surface area contributed by atoms with Gasteiger partial charge in [0.1, 0.15) is 6.04 Å². The molecular weight excluding hydrogens is 329 g/mol. The van der Waals surface area contributed by atoms with E-state index in [1.165, 1.54) is 18.2 Å². The summed E-state index contributed by atoms with van der Waals surface area (Å²) in [5.41, 5.74) is -0.159. The Hall–Kier alpha value is -1.30. The fourth-order valence-electron chi connectivity index (χ4n) is 1.67. The van der Waals surface area contributed by atoms with Gasteiger partial charge in [0.2, 0.25) is 0 Å². The highest BCUT2D eigenvalue weighted by Gasteiger charge is 2.22. The number of carboxylic acids is 1. The van der Waals surface area contributed by atoms with Gasteiger partial charge in [-0.3, -0.25) is 4.79 Å². The number of carbonyl (C=O) groups excluding carboxylic acids is 1. The van der Waals surface area contributed by atoms with Crippen LogP contribution in [0.5, 0.6) is 0 Å². The first-order chi connectivity index (χ1) is 10.1. The van der Waals surface area contributed by atoms with E-state index in [4.69, 9.17) is 27.9 Å². The predicted octanol–water partition coefficient (Wildman–Crippen LogP) is 3.38. The lowest BCUT2D eigenvalue weighted by Gasteiger charge is -2.21. The average molecular weight is 348 g/mol. The molecule has 5 nitrogen and oxygen atoms in total. The molecule has 1 amide bonds. The Labute approximate surface area is 139 Å². The van der Waals surface area contributed by atoms with Crippen LogP contribution in [0.15, 0.2) is 18.2 Å². The van der Waals surface area contributed by atoms with E-state index >= 15 is 0 Å². The van der Waals surface area contributed by atoms with Gasteiger partial charge < -0.3 is 15.2 Å². The van der Waals surface area contributed by atoms with Crippen LogP contribution in [0, 0.1) is 0 Å². The van der Waals surface area contributed by atoms with Crippen molar-refractivity contribution in [3.63, 3.8) is 0 Å². The molecule has 0 bridgehead atoms. The molecule has 22 heavy (non-hydrogen) atoms. The van der Waals surface area contributed by atoms with Crippen LogP contribution in [0.25, 0.3) is 0 Å². The van der Waals surface area contributed by atoms with Gasteiger partial charge in [0.25, 0.3) is 5.91 Å². The molecule has 0 spiro atoms. The van der Waals surface area contributed by atoms with E-state index < -0.39 is 17.9 Å². The molecule has 7 heteroatoms. The fraction of sp³-hybridized carbons (Fsp3) is 0.467. The zero-order chi connectivity index (χ0) is 16.9. The zero-order valence-electron chi connectivity index (χ0n) is 12.7. The minimum Gasteiger partial charge on any atom is -0.480 e. The maximum Gasteiger partial charge on any atom is 0.326 e. The number of carboxylic acid groups (broad SMARTS) is 1. The summed E-state index contributed by atoms with van der Waals surface area (Å²) < 4.78 is 5.48. The summed E-state index contributed by atoms with van der Waals surface area (Å²) in [6.07, 6.45) is 0.159. The first kappa shape index (κ1) is 18.7. The number of amides is 1. The monoisotopic (exact) mass is 347 g/mol. The molecule has 0 aromatic heterocycles. The second-order valence-corrected chi connectivity index (χ2v) is 6.64. The Balaban J connectivity index is 2.70. The number of carbonyl (C=O) groups is 2. The van der Waals surface area contributed by atoms with E-state index in [1.807, 2.05) is 20.8 Å². The van der Waals surface area contributed by atoms with Gasteiger partial charge in [-0.1, -0.05) is 23.2 Å². The van der Waals surface area contributed by atoms with Gasteiger partial charge in [-0.2, -0.15) is 0 Å². The van der Waals surface area contributed by atoms with Gasteiger partial charge in [0, 0.05) is 28.6 Å². The van der Waals surface area contributed by atoms with Gasteiger partial charge >= 0.3 is 5.97 Å². The molecule has 0 aliphatic rings. The van der Waals surface area contributed by atoms with E-state index in [-0.39, 0.29) is 24.2 Å². The number of hydrogen-bond acceptors (Lipinski definition) is 3. The molecule has 1 atom stereocenters. The number of halogens is 2. The van der Waals surface area contributed by atoms with Crippen molar-refractivity contribution in [3.05, 3.63) is 33.8 Å². The maximum absolute atomic E-state index is 12.1. The van der Waals surface area contributed by atoms with Crippen molar-refractivity contribution >= 4 is 35.1 Å². The van der Waals surface area contributed by atoms with Crippen molar-refractivity contribution in [3.8, 4) is 0 Å². The van der Waals surface area contributed by atoms with Gasteiger partial charge in [0.05, 0.1) is 5.60 Å². The smallest absolute Gasteiger partial charge is 0.326 e. The molecule has 1 aromatic carbocycles. The van der Waals surface area contributed by atoms with E-state index in [0.29, 0.717) is 10.0 Å². The summed E-state index contributed by atoms with van der Waals surface area (Å²) in [5.74, 6) is -1.67. The van der Waals surface area contributed by atoms with E-state index in [0.717, 1.165) is 0 Å². The van der Waals surface area contributed by atoms with Crippen LogP contribution in [0.1, 0.15) is 37.6 Å². The van der Waals surface area contributed by atoms with Crippen molar-refractivity contribution in [2.75, 3.05) is 6.61 Å². The summed E-state index contributed by atoms with van der Waals surface area (Å²) in [5, 5.41) is 12.2. The standard InChI is InChI=1S/C15H19Cl2NO4/c1-15(2,3)22-5-4-12(14(20)21)18-13(19)9-6-10(16)8-11(17)7-9/h6-8,12H,4-5H2,1-3H3,(H,18,19)(H,20,21). The Morgan fingerprint density at radius 3 is 2.23 bits per heavy atom. The number of benzene rings is 1. The summed E-state index contributed by atoms with van der Waals surface area (Å²) in [7, 11) is 0. The third-order valence-electron chi connectivity index (χ3n) is 2.67. The molecule has 0 saturated heterocycles. The highest BCUT2D eigenvalue weighted by Crippen LogP contribution is 2.19. The molecule has 1 rings (SSSR count). The van der Waals surface area contributed by atoms with Crippen molar-refractivity contribution in [1.29, 1.82) is 0 Å². The van der Waals surface area contributed by atoms with Gasteiger partial charge in [0.15, 0.2) is 0 Å². The fourth-order valence-corrected chi connectivity index (χ4v) is 2.19. The number of rotatable bonds is 6. The largest absolute Gasteiger partial charge is 0.480 e. The third kappa shape index (κ3) is 6.64. The van der Waals surface area contributed by atoms with Crippen LogP contribution in [-0.4, -0.2) is 35.2 Å². The molecule has 0 heterocycles. The number of ether oxygens (including phenoxy) is 1. The summed E-state index contributed by atoms with van der Waals surface area (Å²) in [6.45, 7) is 5.83. The normalized spacial score (nSPS) is 12.8. The van der Waals surface area contributed by atoms with Crippen molar-refractivity contribution in [1.82, 2.24) is 5.32 Å². The zero-order valence-corrected chi connectivity index (χ0v) is 14.2. The molecule has 0 fully saturated rings. The van der Waals surface area contributed by atoms with Crippen LogP contribution in [0.3, 0.4) is 0 Å². The van der Waals surface area contributed by atoms with Gasteiger partial charge in [-0.15, -0.1) is 0 Å².